The van der Waals surface area contributed by atoms with E-state index in [1.54, 1.807) is 28.3 Å². The first-order valence-corrected chi connectivity index (χ1v) is 8.93. The number of anilines is 1. The van der Waals surface area contributed by atoms with Crippen LogP contribution in [0.3, 0.4) is 0 Å². The first kappa shape index (κ1) is 16.2. The zero-order valence-electron chi connectivity index (χ0n) is 13.7. The molecular formula is C19H15N5OS. The van der Waals surface area contributed by atoms with Gasteiger partial charge in [0.1, 0.15) is 0 Å². The van der Waals surface area contributed by atoms with Gasteiger partial charge in [0.15, 0.2) is 0 Å². The van der Waals surface area contributed by atoms with Crippen molar-refractivity contribution in [3.8, 4) is 10.7 Å². The Morgan fingerprint density at radius 3 is 2.54 bits per heavy atom. The second-order valence-corrected chi connectivity index (χ2v) is 6.59. The maximum atomic E-state index is 12.3. The molecule has 6 nitrogen and oxygen atoms in total. The molecule has 0 aliphatic rings. The Hall–Kier alpha value is -3.32. The number of thiophene rings is 1. The van der Waals surface area contributed by atoms with Crippen LogP contribution >= 0.6 is 11.3 Å². The predicted molar refractivity (Wildman–Crippen MR) is 101 cm³/mol. The third-order valence-corrected chi connectivity index (χ3v) is 4.63. The molecule has 0 saturated carbocycles. The molecule has 2 aromatic heterocycles. The van der Waals surface area contributed by atoms with Crippen molar-refractivity contribution in [1.29, 1.82) is 0 Å². The standard InChI is InChI=1S/C19H15N5OS/c25-19(20-16-5-2-1-3-6-16)15-10-8-14(9-11-15)13-24-22-18(21-23-24)17-7-4-12-26-17/h1-12H,13H2,(H,20,25). The largest absolute Gasteiger partial charge is 0.322 e. The molecule has 0 aliphatic heterocycles. The molecule has 26 heavy (non-hydrogen) atoms. The smallest absolute Gasteiger partial charge is 0.255 e. The molecule has 0 aliphatic carbocycles. The maximum absolute atomic E-state index is 12.3. The van der Waals surface area contributed by atoms with E-state index >= 15 is 0 Å². The summed E-state index contributed by atoms with van der Waals surface area (Å²) in [6.45, 7) is 0.499. The molecule has 128 valence electrons. The highest BCUT2D eigenvalue weighted by molar-refractivity contribution is 7.13. The number of nitrogens with one attached hydrogen (secondary N) is 1. The third kappa shape index (κ3) is 3.68. The van der Waals surface area contributed by atoms with Gasteiger partial charge in [-0.1, -0.05) is 36.4 Å². The number of rotatable bonds is 5. The fourth-order valence-corrected chi connectivity index (χ4v) is 3.11. The number of hydrogen-bond donors (Lipinski definition) is 1. The summed E-state index contributed by atoms with van der Waals surface area (Å²) in [5, 5.41) is 17.4. The number of carbonyl (C=O) groups excluding carboxylic acids is 1. The van der Waals surface area contributed by atoms with Crippen LogP contribution in [0.2, 0.25) is 0 Å². The van der Waals surface area contributed by atoms with Gasteiger partial charge in [0.05, 0.1) is 11.4 Å². The summed E-state index contributed by atoms with van der Waals surface area (Å²) >= 11 is 1.58. The van der Waals surface area contributed by atoms with E-state index in [4.69, 9.17) is 0 Å². The van der Waals surface area contributed by atoms with Crippen LogP contribution in [0.5, 0.6) is 0 Å². The number of nitrogens with zero attached hydrogens (tertiary/aromatic N) is 4. The van der Waals surface area contributed by atoms with Crippen molar-refractivity contribution < 1.29 is 4.79 Å². The highest BCUT2D eigenvalue weighted by Gasteiger charge is 2.09. The third-order valence-electron chi connectivity index (χ3n) is 3.77. The van der Waals surface area contributed by atoms with Crippen molar-refractivity contribution in [3.63, 3.8) is 0 Å². The molecule has 0 fully saturated rings. The zero-order valence-corrected chi connectivity index (χ0v) is 14.6. The van der Waals surface area contributed by atoms with Crippen molar-refractivity contribution in [3.05, 3.63) is 83.2 Å². The predicted octanol–water partition coefficient (Wildman–Crippen LogP) is 3.70. The van der Waals surface area contributed by atoms with Crippen molar-refractivity contribution in [2.24, 2.45) is 0 Å². The van der Waals surface area contributed by atoms with Crippen LogP contribution < -0.4 is 5.32 Å². The van der Waals surface area contributed by atoms with Gasteiger partial charge in [-0.3, -0.25) is 4.79 Å². The fourth-order valence-electron chi connectivity index (χ4n) is 2.46. The number of para-hydroxylation sites is 1. The Bertz CT molecular complexity index is 994. The van der Waals surface area contributed by atoms with Gasteiger partial charge < -0.3 is 5.32 Å². The van der Waals surface area contributed by atoms with Gasteiger partial charge in [-0.05, 0) is 46.5 Å². The van der Waals surface area contributed by atoms with Gasteiger partial charge >= 0.3 is 0 Å². The lowest BCUT2D eigenvalue weighted by Gasteiger charge is -2.06. The van der Waals surface area contributed by atoms with Crippen molar-refractivity contribution >= 4 is 22.9 Å². The number of tetrazole rings is 1. The molecule has 0 spiro atoms. The van der Waals surface area contributed by atoms with E-state index in [1.807, 2.05) is 60.0 Å². The minimum absolute atomic E-state index is 0.137. The Balaban J connectivity index is 1.42. The highest BCUT2D eigenvalue weighted by atomic mass is 32.1. The Morgan fingerprint density at radius 1 is 1.00 bits per heavy atom. The molecule has 1 amide bonds. The highest BCUT2D eigenvalue weighted by Crippen LogP contribution is 2.19. The van der Waals surface area contributed by atoms with Gasteiger partial charge in [0, 0.05) is 11.3 Å². The molecule has 2 aromatic carbocycles. The molecule has 0 atom stereocenters. The molecular weight excluding hydrogens is 346 g/mol. The van der Waals surface area contributed by atoms with Crippen molar-refractivity contribution in [1.82, 2.24) is 20.2 Å². The van der Waals surface area contributed by atoms with Gasteiger partial charge in [-0.25, -0.2) is 0 Å². The molecule has 0 unspecified atom stereocenters. The molecule has 7 heteroatoms. The minimum atomic E-state index is -0.137. The molecule has 2 heterocycles. The lowest BCUT2D eigenvalue weighted by atomic mass is 10.1. The lowest BCUT2D eigenvalue weighted by molar-refractivity contribution is 0.102. The monoisotopic (exact) mass is 361 g/mol. The zero-order chi connectivity index (χ0) is 17.8. The van der Waals surface area contributed by atoms with Crippen LogP contribution in [-0.4, -0.2) is 26.1 Å². The summed E-state index contributed by atoms with van der Waals surface area (Å²) in [6.07, 6.45) is 0. The first-order valence-electron chi connectivity index (χ1n) is 8.05. The Labute approximate surface area is 154 Å². The molecule has 0 saturated heterocycles. The summed E-state index contributed by atoms with van der Waals surface area (Å²) in [4.78, 5) is 14.8. The van der Waals surface area contributed by atoms with Gasteiger partial charge in [0.25, 0.3) is 5.91 Å². The normalized spacial score (nSPS) is 10.6. The molecule has 0 radical (unpaired) electrons. The van der Waals surface area contributed by atoms with E-state index in [-0.39, 0.29) is 5.91 Å². The van der Waals surface area contributed by atoms with E-state index in [9.17, 15) is 4.79 Å². The second kappa shape index (κ2) is 7.28. The number of aromatic nitrogens is 4. The van der Waals surface area contributed by atoms with E-state index in [2.05, 4.69) is 20.7 Å². The summed E-state index contributed by atoms with van der Waals surface area (Å²) in [6, 6.07) is 20.7. The van der Waals surface area contributed by atoms with E-state index in [0.29, 0.717) is 17.9 Å². The van der Waals surface area contributed by atoms with Crippen molar-refractivity contribution in [2.45, 2.75) is 6.54 Å². The summed E-state index contributed by atoms with van der Waals surface area (Å²) in [7, 11) is 0. The fraction of sp³-hybridized carbons (Fsp3) is 0.0526. The van der Waals surface area contributed by atoms with Crippen LogP contribution in [0.25, 0.3) is 10.7 Å². The second-order valence-electron chi connectivity index (χ2n) is 5.64. The number of hydrogen-bond acceptors (Lipinski definition) is 5. The number of carbonyl (C=O) groups is 1. The van der Waals surface area contributed by atoms with Crippen molar-refractivity contribution in [2.75, 3.05) is 5.32 Å². The van der Waals surface area contributed by atoms with Crippen LogP contribution in [0, 0.1) is 0 Å². The Kier molecular flexibility index (Phi) is 4.53. The average Bonchev–Trinajstić information content (AvgIpc) is 3.35. The summed E-state index contributed by atoms with van der Waals surface area (Å²) in [5.74, 6) is 0.487. The quantitative estimate of drug-likeness (QED) is 0.588. The Morgan fingerprint density at radius 2 is 1.81 bits per heavy atom. The van der Waals surface area contributed by atoms with Crippen LogP contribution in [0.4, 0.5) is 5.69 Å². The first-order chi connectivity index (χ1) is 12.8. The van der Waals surface area contributed by atoms with Gasteiger partial charge in [0.2, 0.25) is 5.82 Å². The van der Waals surface area contributed by atoms with E-state index in [1.165, 1.54) is 0 Å². The molecule has 1 N–H and O–H groups in total. The minimum Gasteiger partial charge on any atom is -0.322 e. The maximum Gasteiger partial charge on any atom is 0.255 e. The molecule has 0 bridgehead atoms. The van der Waals surface area contributed by atoms with E-state index < -0.39 is 0 Å². The SMILES string of the molecule is O=C(Nc1ccccc1)c1ccc(Cn2nnc(-c3cccs3)n2)cc1. The summed E-state index contributed by atoms with van der Waals surface area (Å²) < 4.78 is 0. The van der Waals surface area contributed by atoms with E-state index in [0.717, 1.165) is 16.1 Å². The lowest BCUT2D eigenvalue weighted by Crippen LogP contribution is -2.12. The van der Waals surface area contributed by atoms with Crippen LogP contribution in [0.1, 0.15) is 15.9 Å². The van der Waals surface area contributed by atoms with Crippen LogP contribution in [0.15, 0.2) is 72.1 Å². The number of benzene rings is 2. The van der Waals surface area contributed by atoms with Gasteiger partial charge in [-0.15, -0.1) is 21.5 Å². The summed E-state index contributed by atoms with van der Waals surface area (Å²) in [5.41, 5.74) is 2.37. The molecule has 4 aromatic rings. The number of amides is 1. The average molecular weight is 361 g/mol. The van der Waals surface area contributed by atoms with Crippen LogP contribution in [-0.2, 0) is 6.54 Å². The topological polar surface area (TPSA) is 72.7 Å². The molecule has 4 rings (SSSR count). The van der Waals surface area contributed by atoms with Gasteiger partial charge in [-0.2, -0.15) is 4.80 Å².